The molecule has 1 aromatic rings. The van der Waals surface area contributed by atoms with Crippen LogP contribution in [0.3, 0.4) is 0 Å². The maximum atomic E-state index is 5.04. The topological polar surface area (TPSA) is 34.1 Å². The molecule has 0 saturated heterocycles. The first-order valence-electron chi connectivity index (χ1n) is 4.85. The number of hydrogen-bond acceptors (Lipinski definition) is 3. The summed E-state index contributed by atoms with van der Waals surface area (Å²) in [7, 11) is 1.64. The Morgan fingerprint density at radius 3 is 2.57 bits per heavy atom. The molecule has 1 heterocycles. The van der Waals surface area contributed by atoms with Crippen LogP contribution in [0.4, 0.5) is 5.82 Å². The molecule has 1 aromatic heterocycles. The molecule has 1 rings (SSSR count). The Bertz CT molecular complexity index is 280. The minimum absolute atomic E-state index is 0.0849. The maximum Gasteiger partial charge on any atom is 0.137 e. The molecule has 0 saturated carbocycles. The SMILES string of the molecule is CCC(C)(C)Nc1ccc(OC)cn1. The summed E-state index contributed by atoms with van der Waals surface area (Å²) in [6, 6.07) is 3.83. The maximum absolute atomic E-state index is 5.04. The summed E-state index contributed by atoms with van der Waals surface area (Å²) < 4.78 is 5.04. The van der Waals surface area contributed by atoms with Crippen LogP contribution in [-0.2, 0) is 0 Å². The number of rotatable bonds is 4. The summed E-state index contributed by atoms with van der Waals surface area (Å²) in [6.45, 7) is 6.45. The van der Waals surface area contributed by atoms with E-state index in [2.05, 4.69) is 31.1 Å². The number of pyridine rings is 1. The average Bonchev–Trinajstić information content (AvgIpc) is 2.19. The molecular weight excluding hydrogens is 176 g/mol. The number of anilines is 1. The molecule has 0 aliphatic carbocycles. The fourth-order valence-corrected chi connectivity index (χ4v) is 1.01. The lowest BCUT2D eigenvalue weighted by molar-refractivity contribution is 0.413. The van der Waals surface area contributed by atoms with Gasteiger partial charge in [-0.1, -0.05) is 6.92 Å². The van der Waals surface area contributed by atoms with Crippen molar-refractivity contribution in [3.8, 4) is 5.75 Å². The second kappa shape index (κ2) is 4.31. The van der Waals surface area contributed by atoms with Gasteiger partial charge in [-0.2, -0.15) is 0 Å². The molecule has 3 nitrogen and oxygen atoms in total. The first-order valence-corrected chi connectivity index (χ1v) is 4.85. The second-order valence-corrected chi connectivity index (χ2v) is 3.95. The summed E-state index contributed by atoms with van der Waals surface area (Å²) in [4.78, 5) is 4.25. The van der Waals surface area contributed by atoms with E-state index in [1.807, 2.05) is 12.1 Å². The van der Waals surface area contributed by atoms with Gasteiger partial charge in [-0.05, 0) is 32.4 Å². The Hall–Kier alpha value is -1.25. The summed E-state index contributed by atoms with van der Waals surface area (Å²) in [5.41, 5.74) is 0.0849. The first-order chi connectivity index (χ1) is 6.57. The lowest BCUT2D eigenvalue weighted by atomic mass is 10.0. The summed E-state index contributed by atoms with van der Waals surface area (Å²) in [6.07, 6.45) is 2.77. The van der Waals surface area contributed by atoms with Crippen molar-refractivity contribution >= 4 is 5.82 Å². The van der Waals surface area contributed by atoms with E-state index in [0.717, 1.165) is 18.0 Å². The molecule has 78 valence electrons. The molecule has 0 aliphatic rings. The normalized spacial score (nSPS) is 11.1. The Kier molecular flexibility index (Phi) is 3.33. The quantitative estimate of drug-likeness (QED) is 0.800. The van der Waals surface area contributed by atoms with Crippen LogP contribution in [0.25, 0.3) is 0 Å². The highest BCUT2D eigenvalue weighted by molar-refractivity contribution is 5.39. The number of ether oxygens (including phenoxy) is 1. The van der Waals surface area contributed by atoms with E-state index in [9.17, 15) is 0 Å². The highest BCUT2D eigenvalue weighted by atomic mass is 16.5. The van der Waals surface area contributed by atoms with Crippen molar-refractivity contribution in [1.82, 2.24) is 4.98 Å². The molecule has 0 fully saturated rings. The summed E-state index contributed by atoms with van der Waals surface area (Å²) in [5, 5.41) is 3.35. The molecule has 0 radical (unpaired) electrons. The third-order valence-corrected chi connectivity index (χ3v) is 2.32. The second-order valence-electron chi connectivity index (χ2n) is 3.95. The minimum Gasteiger partial charge on any atom is -0.495 e. The number of hydrogen-bond donors (Lipinski definition) is 1. The summed E-state index contributed by atoms with van der Waals surface area (Å²) in [5.74, 6) is 1.67. The Morgan fingerprint density at radius 1 is 1.43 bits per heavy atom. The number of methoxy groups -OCH3 is 1. The highest BCUT2D eigenvalue weighted by Crippen LogP contribution is 2.17. The van der Waals surface area contributed by atoms with Crippen LogP contribution in [0, 0.1) is 0 Å². The van der Waals surface area contributed by atoms with Crippen LogP contribution in [0.15, 0.2) is 18.3 Å². The Labute approximate surface area is 85.5 Å². The Morgan fingerprint density at radius 2 is 2.14 bits per heavy atom. The number of aromatic nitrogens is 1. The van der Waals surface area contributed by atoms with Gasteiger partial charge in [0, 0.05) is 5.54 Å². The van der Waals surface area contributed by atoms with Crippen LogP contribution < -0.4 is 10.1 Å². The zero-order chi connectivity index (χ0) is 10.6. The van der Waals surface area contributed by atoms with Crippen molar-refractivity contribution in [2.24, 2.45) is 0 Å². The monoisotopic (exact) mass is 194 g/mol. The molecule has 0 bridgehead atoms. The van der Waals surface area contributed by atoms with Gasteiger partial charge in [0.05, 0.1) is 13.3 Å². The zero-order valence-corrected chi connectivity index (χ0v) is 9.29. The largest absolute Gasteiger partial charge is 0.495 e. The van der Waals surface area contributed by atoms with Gasteiger partial charge in [0.15, 0.2) is 0 Å². The molecule has 0 aromatic carbocycles. The predicted molar refractivity (Wildman–Crippen MR) is 58.8 cm³/mol. The van der Waals surface area contributed by atoms with Gasteiger partial charge in [-0.3, -0.25) is 0 Å². The van der Waals surface area contributed by atoms with E-state index in [-0.39, 0.29) is 5.54 Å². The molecule has 3 heteroatoms. The lowest BCUT2D eigenvalue weighted by Crippen LogP contribution is -2.29. The van der Waals surface area contributed by atoms with Gasteiger partial charge in [-0.25, -0.2) is 4.98 Å². The molecule has 0 unspecified atom stereocenters. The van der Waals surface area contributed by atoms with Gasteiger partial charge in [0.2, 0.25) is 0 Å². The van der Waals surface area contributed by atoms with Gasteiger partial charge in [0.25, 0.3) is 0 Å². The van der Waals surface area contributed by atoms with Crippen LogP contribution in [-0.4, -0.2) is 17.6 Å². The zero-order valence-electron chi connectivity index (χ0n) is 9.29. The third kappa shape index (κ3) is 2.91. The highest BCUT2D eigenvalue weighted by Gasteiger charge is 2.14. The van der Waals surface area contributed by atoms with E-state index in [1.165, 1.54) is 0 Å². The van der Waals surface area contributed by atoms with Gasteiger partial charge >= 0.3 is 0 Å². The van der Waals surface area contributed by atoms with E-state index < -0.39 is 0 Å². The van der Waals surface area contributed by atoms with Crippen molar-refractivity contribution in [3.63, 3.8) is 0 Å². The van der Waals surface area contributed by atoms with Crippen molar-refractivity contribution < 1.29 is 4.74 Å². The van der Waals surface area contributed by atoms with Gasteiger partial charge in [-0.15, -0.1) is 0 Å². The van der Waals surface area contributed by atoms with Crippen LogP contribution in [0.1, 0.15) is 27.2 Å². The van der Waals surface area contributed by atoms with Crippen molar-refractivity contribution in [2.45, 2.75) is 32.7 Å². The molecule has 0 amide bonds. The summed E-state index contributed by atoms with van der Waals surface area (Å²) >= 11 is 0. The van der Waals surface area contributed by atoms with Crippen LogP contribution in [0.5, 0.6) is 5.75 Å². The van der Waals surface area contributed by atoms with E-state index in [4.69, 9.17) is 4.74 Å². The lowest BCUT2D eigenvalue weighted by Gasteiger charge is -2.25. The van der Waals surface area contributed by atoms with E-state index >= 15 is 0 Å². The smallest absolute Gasteiger partial charge is 0.137 e. The molecule has 0 spiro atoms. The molecule has 14 heavy (non-hydrogen) atoms. The van der Waals surface area contributed by atoms with Gasteiger partial charge in [0.1, 0.15) is 11.6 Å². The van der Waals surface area contributed by atoms with E-state index in [1.54, 1.807) is 13.3 Å². The van der Waals surface area contributed by atoms with Gasteiger partial charge < -0.3 is 10.1 Å². The van der Waals surface area contributed by atoms with Crippen molar-refractivity contribution in [2.75, 3.05) is 12.4 Å². The predicted octanol–water partition coefficient (Wildman–Crippen LogP) is 2.69. The molecule has 0 aliphatic heterocycles. The number of nitrogens with zero attached hydrogens (tertiary/aromatic N) is 1. The standard InChI is InChI=1S/C11H18N2O/c1-5-11(2,3)13-10-7-6-9(14-4)8-12-10/h6-8H,5H2,1-4H3,(H,12,13). The third-order valence-electron chi connectivity index (χ3n) is 2.32. The fraction of sp³-hybridized carbons (Fsp3) is 0.545. The fourth-order valence-electron chi connectivity index (χ4n) is 1.01. The number of nitrogens with one attached hydrogen (secondary N) is 1. The minimum atomic E-state index is 0.0849. The Balaban J connectivity index is 2.69. The van der Waals surface area contributed by atoms with Crippen LogP contribution >= 0.6 is 0 Å². The van der Waals surface area contributed by atoms with Crippen LogP contribution in [0.2, 0.25) is 0 Å². The van der Waals surface area contributed by atoms with E-state index in [0.29, 0.717) is 0 Å². The molecule has 1 N–H and O–H groups in total. The van der Waals surface area contributed by atoms with Crippen molar-refractivity contribution in [1.29, 1.82) is 0 Å². The first kappa shape index (κ1) is 10.8. The van der Waals surface area contributed by atoms with Crippen molar-refractivity contribution in [3.05, 3.63) is 18.3 Å². The molecule has 0 atom stereocenters. The average molecular weight is 194 g/mol. The molecular formula is C11H18N2O.